The van der Waals surface area contributed by atoms with Crippen LogP contribution in [0.1, 0.15) is 27.2 Å². The maximum Gasteiger partial charge on any atom is 0.263 e. The Kier molecular flexibility index (Phi) is 5.53. The molecule has 3 nitrogen and oxygen atoms in total. The number of rotatable bonds is 6. The first kappa shape index (κ1) is 13.6. The Morgan fingerprint density at radius 1 is 1.18 bits per heavy atom. The summed E-state index contributed by atoms with van der Waals surface area (Å²) in [5.74, 6) is 0.821. The molecule has 0 aromatic heterocycles. The molecule has 0 saturated heterocycles. The Morgan fingerprint density at radius 2 is 1.76 bits per heavy atom. The van der Waals surface area contributed by atoms with E-state index >= 15 is 0 Å². The van der Waals surface area contributed by atoms with E-state index in [-0.39, 0.29) is 12.0 Å². The van der Waals surface area contributed by atoms with Crippen molar-refractivity contribution in [3.63, 3.8) is 0 Å². The van der Waals surface area contributed by atoms with Crippen molar-refractivity contribution in [3.8, 4) is 5.75 Å². The van der Waals surface area contributed by atoms with E-state index in [0.29, 0.717) is 6.42 Å². The van der Waals surface area contributed by atoms with Crippen molar-refractivity contribution in [2.75, 3.05) is 13.1 Å². The number of carbonyl (C=O) groups is 1. The van der Waals surface area contributed by atoms with Gasteiger partial charge in [-0.2, -0.15) is 0 Å². The fourth-order valence-electron chi connectivity index (χ4n) is 1.71. The maximum absolute atomic E-state index is 12.1. The van der Waals surface area contributed by atoms with Crippen molar-refractivity contribution in [2.45, 2.75) is 33.3 Å². The molecule has 0 heterocycles. The van der Waals surface area contributed by atoms with Gasteiger partial charge in [0.2, 0.25) is 0 Å². The normalized spacial score (nSPS) is 11.9. The molecule has 0 spiro atoms. The summed E-state index contributed by atoms with van der Waals surface area (Å²) in [4.78, 5) is 13.9. The maximum atomic E-state index is 12.1. The predicted octanol–water partition coefficient (Wildman–Crippen LogP) is 2.71. The first-order chi connectivity index (χ1) is 8.22. The van der Waals surface area contributed by atoms with E-state index < -0.39 is 0 Å². The summed E-state index contributed by atoms with van der Waals surface area (Å²) < 4.78 is 5.72. The smallest absolute Gasteiger partial charge is 0.263 e. The van der Waals surface area contributed by atoms with Gasteiger partial charge in [0.05, 0.1) is 0 Å². The van der Waals surface area contributed by atoms with Gasteiger partial charge < -0.3 is 9.64 Å². The molecule has 17 heavy (non-hydrogen) atoms. The molecule has 0 aliphatic heterocycles. The highest BCUT2D eigenvalue weighted by Crippen LogP contribution is 2.14. The van der Waals surface area contributed by atoms with Gasteiger partial charge in [0.1, 0.15) is 5.75 Å². The molecule has 0 unspecified atom stereocenters. The van der Waals surface area contributed by atoms with Crippen LogP contribution in [-0.2, 0) is 4.79 Å². The lowest BCUT2D eigenvalue weighted by Crippen LogP contribution is -2.41. The molecule has 0 bridgehead atoms. The minimum Gasteiger partial charge on any atom is -0.481 e. The monoisotopic (exact) mass is 235 g/mol. The first-order valence-corrected chi connectivity index (χ1v) is 6.23. The van der Waals surface area contributed by atoms with Crippen LogP contribution in [0.5, 0.6) is 5.75 Å². The van der Waals surface area contributed by atoms with Gasteiger partial charge in [-0.1, -0.05) is 25.1 Å². The second-order valence-corrected chi connectivity index (χ2v) is 3.84. The van der Waals surface area contributed by atoms with Crippen LogP contribution in [0.3, 0.4) is 0 Å². The molecule has 1 aromatic rings. The number of para-hydroxylation sites is 1. The zero-order chi connectivity index (χ0) is 12.7. The van der Waals surface area contributed by atoms with Crippen LogP contribution >= 0.6 is 0 Å². The number of hydrogen-bond acceptors (Lipinski definition) is 2. The van der Waals surface area contributed by atoms with E-state index in [1.807, 2.05) is 51.1 Å². The van der Waals surface area contributed by atoms with Gasteiger partial charge in [-0.3, -0.25) is 4.79 Å². The Hall–Kier alpha value is -1.51. The molecule has 1 amide bonds. The molecule has 94 valence electrons. The quantitative estimate of drug-likeness (QED) is 0.758. The molecule has 1 aromatic carbocycles. The van der Waals surface area contributed by atoms with Crippen LogP contribution in [0.25, 0.3) is 0 Å². The molecular formula is C14H21NO2. The van der Waals surface area contributed by atoms with Crippen LogP contribution < -0.4 is 4.74 Å². The van der Waals surface area contributed by atoms with E-state index in [0.717, 1.165) is 18.8 Å². The lowest BCUT2D eigenvalue weighted by molar-refractivity contribution is -0.138. The van der Waals surface area contributed by atoms with E-state index in [2.05, 4.69) is 0 Å². The Bertz CT molecular complexity index is 333. The summed E-state index contributed by atoms with van der Waals surface area (Å²) in [6, 6.07) is 9.49. The summed E-state index contributed by atoms with van der Waals surface area (Å²) in [5.41, 5.74) is 0. The molecule has 0 saturated carbocycles. The third-order valence-electron chi connectivity index (χ3n) is 2.74. The molecule has 0 aliphatic carbocycles. The van der Waals surface area contributed by atoms with Crippen molar-refractivity contribution in [1.82, 2.24) is 4.90 Å². The molecule has 1 atom stereocenters. The highest BCUT2D eigenvalue weighted by Gasteiger charge is 2.22. The number of benzene rings is 1. The standard InChI is InChI=1S/C14H21NO2/c1-4-13(14(16)15(5-2)6-3)17-12-10-8-7-9-11-12/h7-11,13H,4-6H2,1-3H3/t13-/m1/s1. The summed E-state index contributed by atoms with van der Waals surface area (Å²) in [7, 11) is 0. The molecular weight excluding hydrogens is 214 g/mol. The van der Waals surface area contributed by atoms with Crippen LogP contribution in [-0.4, -0.2) is 30.0 Å². The molecule has 0 aliphatic rings. The van der Waals surface area contributed by atoms with Gasteiger partial charge in [0.15, 0.2) is 6.10 Å². The van der Waals surface area contributed by atoms with Crippen LogP contribution in [0.2, 0.25) is 0 Å². The topological polar surface area (TPSA) is 29.5 Å². The fourth-order valence-corrected chi connectivity index (χ4v) is 1.71. The Balaban J connectivity index is 2.68. The van der Waals surface area contributed by atoms with Crippen LogP contribution in [0.4, 0.5) is 0 Å². The van der Waals surface area contributed by atoms with E-state index in [1.54, 1.807) is 4.90 Å². The minimum atomic E-state index is -0.378. The van der Waals surface area contributed by atoms with Gasteiger partial charge >= 0.3 is 0 Å². The number of likely N-dealkylation sites (N-methyl/N-ethyl adjacent to an activating group) is 1. The van der Waals surface area contributed by atoms with Crippen LogP contribution in [0.15, 0.2) is 30.3 Å². The largest absolute Gasteiger partial charge is 0.481 e. The molecule has 3 heteroatoms. The Morgan fingerprint density at radius 3 is 2.24 bits per heavy atom. The molecule has 0 radical (unpaired) electrons. The number of hydrogen-bond donors (Lipinski definition) is 0. The highest BCUT2D eigenvalue weighted by molar-refractivity contribution is 5.81. The molecule has 1 rings (SSSR count). The first-order valence-electron chi connectivity index (χ1n) is 6.23. The van der Waals surface area contributed by atoms with Crippen molar-refractivity contribution in [2.24, 2.45) is 0 Å². The third kappa shape index (κ3) is 3.77. The van der Waals surface area contributed by atoms with Gasteiger partial charge in [-0.05, 0) is 32.4 Å². The van der Waals surface area contributed by atoms with E-state index in [4.69, 9.17) is 4.74 Å². The Labute approximate surface area is 103 Å². The summed E-state index contributed by atoms with van der Waals surface area (Å²) in [5, 5.41) is 0. The molecule has 0 N–H and O–H groups in total. The SMILES string of the molecule is CC[C@@H](Oc1ccccc1)C(=O)N(CC)CC. The minimum absolute atomic E-state index is 0.0707. The number of nitrogens with zero attached hydrogens (tertiary/aromatic N) is 1. The number of amides is 1. The van der Waals surface area contributed by atoms with E-state index in [9.17, 15) is 4.79 Å². The fraction of sp³-hybridized carbons (Fsp3) is 0.500. The predicted molar refractivity (Wildman–Crippen MR) is 69.1 cm³/mol. The van der Waals surface area contributed by atoms with Crippen LogP contribution in [0, 0.1) is 0 Å². The summed E-state index contributed by atoms with van der Waals surface area (Å²) >= 11 is 0. The van der Waals surface area contributed by atoms with Crippen molar-refractivity contribution in [1.29, 1.82) is 0 Å². The number of ether oxygens (including phenoxy) is 1. The van der Waals surface area contributed by atoms with Gasteiger partial charge in [-0.15, -0.1) is 0 Å². The van der Waals surface area contributed by atoms with Crippen molar-refractivity contribution < 1.29 is 9.53 Å². The average molecular weight is 235 g/mol. The summed E-state index contributed by atoms with van der Waals surface area (Å²) in [6.45, 7) is 7.39. The third-order valence-corrected chi connectivity index (χ3v) is 2.74. The highest BCUT2D eigenvalue weighted by atomic mass is 16.5. The summed E-state index contributed by atoms with van der Waals surface area (Å²) in [6.07, 6.45) is 0.307. The van der Waals surface area contributed by atoms with E-state index in [1.165, 1.54) is 0 Å². The van der Waals surface area contributed by atoms with Crippen molar-refractivity contribution in [3.05, 3.63) is 30.3 Å². The number of carbonyl (C=O) groups excluding carboxylic acids is 1. The lowest BCUT2D eigenvalue weighted by Gasteiger charge is -2.25. The van der Waals surface area contributed by atoms with Gasteiger partial charge in [0, 0.05) is 13.1 Å². The second-order valence-electron chi connectivity index (χ2n) is 3.84. The second kappa shape index (κ2) is 6.94. The van der Waals surface area contributed by atoms with Gasteiger partial charge in [-0.25, -0.2) is 0 Å². The van der Waals surface area contributed by atoms with Gasteiger partial charge in [0.25, 0.3) is 5.91 Å². The lowest BCUT2D eigenvalue weighted by atomic mass is 10.2. The zero-order valence-electron chi connectivity index (χ0n) is 10.8. The molecule has 0 fully saturated rings. The average Bonchev–Trinajstić information content (AvgIpc) is 2.38. The van der Waals surface area contributed by atoms with Crippen molar-refractivity contribution >= 4 is 5.91 Å². The zero-order valence-corrected chi connectivity index (χ0v) is 10.8.